The summed E-state index contributed by atoms with van der Waals surface area (Å²) in [6.07, 6.45) is 9.14. The first-order chi connectivity index (χ1) is 13.0. The van der Waals surface area contributed by atoms with Gasteiger partial charge in [0, 0.05) is 51.2 Å². The molecule has 2 aliphatic heterocycles. The van der Waals surface area contributed by atoms with Gasteiger partial charge >= 0.3 is 0 Å². The van der Waals surface area contributed by atoms with Crippen molar-refractivity contribution in [2.45, 2.75) is 37.1 Å². The van der Waals surface area contributed by atoms with E-state index in [1.165, 1.54) is 16.7 Å². The number of carbonyl (C=O) groups excluding carboxylic acids is 1. The van der Waals surface area contributed by atoms with Crippen LogP contribution in [0.15, 0.2) is 41.8 Å². The molecule has 1 spiro atoms. The van der Waals surface area contributed by atoms with Gasteiger partial charge in [0.2, 0.25) is 15.9 Å². The highest BCUT2D eigenvalue weighted by Gasteiger charge is 2.43. The Labute approximate surface area is 158 Å². The maximum Gasteiger partial charge on any atom is 0.246 e. The monoisotopic (exact) mass is 389 g/mol. The predicted molar refractivity (Wildman–Crippen MR) is 97.9 cm³/mol. The van der Waals surface area contributed by atoms with E-state index < -0.39 is 10.0 Å². The van der Waals surface area contributed by atoms with Gasteiger partial charge in [0.15, 0.2) is 0 Å². The first-order valence-corrected chi connectivity index (χ1v) is 10.6. The van der Waals surface area contributed by atoms with Gasteiger partial charge in [-0.25, -0.2) is 8.42 Å². The van der Waals surface area contributed by atoms with Gasteiger partial charge in [-0.15, -0.1) is 0 Å². The number of likely N-dealkylation sites (tertiary alicyclic amines) is 1. The van der Waals surface area contributed by atoms with Crippen molar-refractivity contribution in [3.05, 3.63) is 42.5 Å². The van der Waals surface area contributed by atoms with Crippen molar-refractivity contribution in [3.8, 4) is 0 Å². The first kappa shape index (κ1) is 18.1. The van der Waals surface area contributed by atoms with Crippen LogP contribution in [0.25, 0.3) is 0 Å². The van der Waals surface area contributed by atoms with Gasteiger partial charge in [-0.2, -0.15) is 9.40 Å². The van der Waals surface area contributed by atoms with Gasteiger partial charge in [-0.3, -0.25) is 14.9 Å². The minimum Gasteiger partial charge on any atom is -0.338 e. The van der Waals surface area contributed by atoms with Crippen molar-refractivity contribution < 1.29 is 13.2 Å². The second-order valence-electron chi connectivity index (χ2n) is 7.45. The lowest BCUT2D eigenvalue weighted by molar-refractivity contribution is -0.139. The van der Waals surface area contributed by atoms with Crippen LogP contribution in [-0.4, -0.2) is 58.3 Å². The number of rotatable bonds is 4. The van der Waals surface area contributed by atoms with E-state index >= 15 is 0 Å². The number of carbonyl (C=O) groups is 1. The van der Waals surface area contributed by atoms with Crippen molar-refractivity contribution in [2.24, 2.45) is 5.41 Å². The number of aromatic nitrogens is 3. The van der Waals surface area contributed by atoms with Crippen molar-refractivity contribution in [1.82, 2.24) is 24.4 Å². The lowest BCUT2D eigenvalue weighted by Crippen LogP contribution is -2.52. The maximum absolute atomic E-state index is 12.7. The molecule has 27 heavy (non-hydrogen) atoms. The highest BCUT2D eigenvalue weighted by Crippen LogP contribution is 2.41. The smallest absolute Gasteiger partial charge is 0.246 e. The quantitative estimate of drug-likeness (QED) is 0.852. The highest BCUT2D eigenvalue weighted by atomic mass is 32.2. The number of hydrogen-bond acceptors (Lipinski definition) is 5. The molecule has 0 bridgehead atoms. The fourth-order valence-electron chi connectivity index (χ4n) is 4.10. The first-order valence-electron chi connectivity index (χ1n) is 9.14. The van der Waals surface area contributed by atoms with Crippen LogP contribution >= 0.6 is 0 Å². The molecule has 2 saturated heterocycles. The number of aromatic amines is 1. The van der Waals surface area contributed by atoms with E-state index in [1.807, 2.05) is 17.0 Å². The second kappa shape index (κ2) is 7.05. The van der Waals surface area contributed by atoms with Crippen molar-refractivity contribution in [1.29, 1.82) is 0 Å². The second-order valence-corrected chi connectivity index (χ2v) is 9.39. The number of H-pyrrole nitrogens is 1. The summed E-state index contributed by atoms with van der Waals surface area (Å²) >= 11 is 0. The van der Waals surface area contributed by atoms with E-state index in [2.05, 4.69) is 15.2 Å². The minimum absolute atomic E-state index is 0.00145. The Morgan fingerprint density at radius 2 is 2.00 bits per heavy atom. The topological polar surface area (TPSA) is 99.3 Å². The van der Waals surface area contributed by atoms with E-state index in [9.17, 15) is 13.2 Å². The van der Waals surface area contributed by atoms with Gasteiger partial charge in [-0.05, 0) is 36.3 Å². The lowest BCUT2D eigenvalue weighted by atomic mass is 9.72. The SMILES string of the molecule is O=C1CCC2(CCN(S(=O)(=O)c3cn[nH]c3)CC2)CN1Cc1cccnc1. The minimum atomic E-state index is -3.50. The van der Waals surface area contributed by atoms with Crippen LogP contribution in [0.5, 0.6) is 0 Å². The van der Waals surface area contributed by atoms with E-state index in [-0.39, 0.29) is 16.2 Å². The molecule has 144 valence electrons. The van der Waals surface area contributed by atoms with Gasteiger partial charge in [0.05, 0.1) is 6.20 Å². The summed E-state index contributed by atoms with van der Waals surface area (Å²) in [5.41, 5.74) is 1.02. The fourth-order valence-corrected chi connectivity index (χ4v) is 5.45. The Kier molecular flexibility index (Phi) is 4.73. The van der Waals surface area contributed by atoms with Crippen LogP contribution in [0.1, 0.15) is 31.2 Å². The zero-order chi connectivity index (χ0) is 18.9. The van der Waals surface area contributed by atoms with E-state index in [0.717, 1.165) is 24.8 Å². The lowest BCUT2D eigenvalue weighted by Gasteiger charge is -2.47. The third kappa shape index (κ3) is 3.61. The van der Waals surface area contributed by atoms with Crippen LogP contribution in [0.2, 0.25) is 0 Å². The van der Waals surface area contributed by atoms with Crippen LogP contribution < -0.4 is 0 Å². The highest BCUT2D eigenvalue weighted by molar-refractivity contribution is 7.89. The fraction of sp³-hybridized carbons (Fsp3) is 0.500. The zero-order valence-corrected chi connectivity index (χ0v) is 15.9. The van der Waals surface area contributed by atoms with E-state index in [4.69, 9.17) is 0 Å². The van der Waals surface area contributed by atoms with E-state index in [0.29, 0.717) is 32.6 Å². The normalized spacial score (nSPS) is 20.9. The van der Waals surface area contributed by atoms with Crippen molar-refractivity contribution in [3.63, 3.8) is 0 Å². The standard InChI is InChI=1S/C18H23N5O3S/c24-17-3-4-18(14-22(17)13-15-2-1-7-19-10-15)5-8-23(9-6-18)27(25,26)16-11-20-21-12-16/h1-2,7,10-12H,3-6,8-9,13-14H2,(H,20,21). The number of amides is 1. The Morgan fingerprint density at radius 1 is 1.19 bits per heavy atom. The Hall–Kier alpha value is -2.26. The summed E-state index contributed by atoms with van der Waals surface area (Å²) in [6, 6.07) is 3.85. The molecular formula is C18H23N5O3S. The van der Waals surface area contributed by atoms with Crippen molar-refractivity contribution >= 4 is 15.9 Å². The van der Waals surface area contributed by atoms with Crippen LogP contribution in [0, 0.1) is 5.41 Å². The van der Waals surface area contributed by atoms with Gasteiger partial charge in [0.1, 0.15) is 4.90 Å². The number of hydrogen-bond donors (Lipinski definition) is 1. The molecule has 1 N–H and O–H groups in total. The van der Waals surface area contributed by atoms with Gasteiger partial charge < -0.3 is 4.90 Å². The van der Waals surface area contributed by atoms with Crippen molar-refractivity contribution in [2.75, 3.05) is 19.6 Å². The molecule has 0 atom stereocenters. The molecule has 1 amide bonds. The summed E-state index contributed by atoms with van der Waals surface area (Å²) in [5.74, 6) is 0.165. The summed E-state index contributed by atoms with van der Waals surface area (Å²) in [7, 11) is -3.50. The third-order valence-electron chi connectivity index (χ3n) is 5.74. The summed E-state index contributed by atoms with van der Waals surface area (Å²) in [4.78, 5) is 18.6. The molecule has 0 aromatic carbocycles. The third-order valence-corrected chi connectivity index (χ3v) is 7.60. The molecule has 0 aliphatic carbocycles. The zero-order valence-electron chi connectivity index (χ0n) is 15.0. The maximum atomic E-state index is 12.7. The molecule has 0 unspecified atom stereocenters. The molecule has 9 heteroatoms. The molecule has 4 rings (SSSR count). The summed E-state index contributed by atoms with van der Waals surface area (Å²) in [6.45, 7) is 2.19. The van der Waals surface area contributed by atoms with Gasteiger partial charge in [-0.1, -0.05) is 6.07 Å². The number of nitrogens with zero attached hydrogens (tertiary/aromatic N) is 4. The number of pyridine rings is 1. The molecule has 2 fully saturated rings. The molecule has 2 aromatic rings. The number of sulfonamides is 1. The van der Waals surface area contributed by atoms with Crippen LogP contribution in [0.4, 0.5) is 0 Å². The average molecular weight is 389 g/mol. The Balaban J connectivity index is 1.43. The summed E-state index contributed by atoms with van der Waals surface area (Å²) in [5, 5.41) is 6.31. The molecule has 0 radical (unpaired) electrons. The number of piperidine rings is 2. The molecule has 0 saturated carbocycles. The largest absolute Gasteiger partial charge is 0.338 e. The number of nitrogens with one attached hydrogen (secondary N) is 1. The molecular weight excluding hydrogens is 366 g/mol. The van der Waals surface area contributed by atoms with Crippen LogP contribution in [-0.2, 0) is 21.4 Å². The Bertz CT molecular complexity index is 890. The summed E-state index contributed by atoms with van der Waals surface area (Å²) < 4.78 is 26.9. The molecule has 4 heterocycles. The average Bonchev–Trinajstić information content (AvgIpc) is 3.22. The molecule has 2 aliphatic rings. The van der Waals surface area contributed by atoms with E-state index in [1.54, 1.807) is 12.4 Å². The van der Waals surface area contributed by atoms with Gasteiger partial charge in [0.25, 0.3) is 0 Å². The van der Waals surface area contributed by atoms with Crippen LogP contribution in [0.3, 0.4) is 0 Å². The Morgan fingerprint density at radius 3 is 2.67 bits per heavy atom. The molecule has 8 nitrogen and oxygen atoms in total. The predicted octanol–water partition coefficient (Wildman–Crippen LogP) is 1.40. The molecule has 2 aromatic heterocycles.